The lowest BCUT2D eigenvalue weighted by molar-refractivity contribution is -0.136. The zero-order valence-corrected chi connectivity index (χ0v) is 10.0. The molecule has 2 amide bonds. The molecule has 0 saturated heterocycles. The number of nitrogens with one attached hydrogen (secondary N) is 1. The van der Waals surface area contributed by atoms with E-state index in [0.717, 1.165) is 0 Å². The van der Waals surface area contributed by atoms with E-state index in [2.05, 4.69) is 5.32 Å². The normalized spacial score (nSPS) is 12.3. The van der Waals surface area contributed by atoms with Gasteiger partial charge in [0.2, 0.25) is 11.8 Å². The molecule has 3 N–H and O–H groups in total. The lowest BCUT2D eigenvalue weighted by Crippen LogP contribution is -2.54. The van der Waals surface area contributed by atoms with Crippen molar-refractivity contribution in [1.82, 2.24) is 5.32 Å². The van der Waals surface area contributed by atoms with Crippen molar-refractivity contribution in [3.05, 3.63) is 0 Å². The largest absolute Gasteiger partial charge is 0.368 e. The van der Waals surface area contributed by atoms with Gasteiger partial charge in [0.05, 0.1) is 5.60 Å². The molecule has 0 aliphatic carbocycles. The summed E-state index contributed by atoms with van der Waals surface area (Å²) < 4.78 is 5.25. The predicted octanol–water partition coefficient (Wildman–Crippen LogP) is 0.182. The minimum atomic E-state index is -1.04. The van der Waals surface area contributed by atoms with Crippen LogP contribution in [0.15, 0.2) is 0 Å². The van der Waals surface area contributed by atoms with Gasteiger partial charge < -0.3 is 15.8 Å². The van der Waals surface area contributed by atoms with Crippen LogP contribution in [0.1, 0.15) is 34.6 Å². The number of ether oxygens (including phenoxy) is 1. The SMILES string of the molecule is CC(C)(C)OCC(=O)NC(C)(C)C(N)=O. The molecule has 0 radical (unpaired) electrons. The Bertz CT molecular complexity index is 254. The Hall–Kier alpha value is -1.10. The molecule has 0 heterocycles. The van der Waals surface area contributed by atoms with E-state index in [1.165, 1.54) is 0 Å². The Kier molecular flexibility index (Phi) is 4.27. The summed E-state index contributed by atoms with van der Waals surface area (Å²) in [5.74, 6) is -0.930. The van der Waals surface area contributed by atoms with Crippen molar-refractivity contribution in [3.63, 3.8) is 0 Å². The first-order valence-corrected chi connectivity index (χ1v) is 4.79. The fourth-order valence-corrected chi connectivity index (χ4v) is 0.728. The topological polar surface area (TPSA) is 81.4 Å². The predicted molar refractivity (Wildman–Crippen MR) is 57.1 cm³/mol. The van der Waals surface area contributed by atoms with Gasteiger partial charge >= 0.3 is 0 Å². The van der Waals surface area contributed by atoms with Crippen LogP contribution in [0.4, 0.5) is 0 Å². The van der Waals surface area contributed by atoms with Crippen molar-refractivity contribution in [2.24, 2.45) is 5.73 Å². The van der Waals surface area contributed by atoms with Crippen LogP contribution < -0.4 is 11.1 Å². The van der Waals surface area contributed by atoms with Gasteiger partial charge in [-0.25, -0.2) is 0 Å². The minimum Gasteiger partial charge on any atom is -0.368 e. The third-order valence-electron chi connectivity index (χ3n) is 1.70. The number of carbonyl (C=O) groups is 2. The Morgan fingerprint density at radius 2 is 1.67 bits per heavy atom. The van der Waals surface area contributed by atoms with E-state index in [-0.39, 0.29) is 18.1 Å². The number of amides is 2. The monoisotopic (exact) mass is 216 g/mol. The first-order chi connectivity index (χ1) is 6.54. The summed E-state index contributed by atoms with van der Waals surface area (Å²) in [6.07, 6.45) is 0. The maximum atomic E-state index is 11.4. The summed E-state index contributed by atoms with van der Waals surface area (Å²) >= 11 is 0. The molecule has 0 aromatic heterocycles. The first kappa shape index (κ1) is 13.9. The third-order valence-corrected chi connectivity index (χ3v) is 1.70. The van der Waals surface area contributed by atoms with Crippen molar-refractivity contribution in [3.8, 4) is 0 Å². The van der Waals surface area contributed by atoms with Crippen LogP contribution in [0.5, 0.6) is 0 Å². The van der Waals surface area contributed by atoms with Crippen LogP contribution in [0.2, 0.25) is 0 Å². The zero-order valence-electron chi connectivity index (χ0n) is 10.0. The number of primary amides is 1. The van der Waals surface area contributed by atoms with Crippen LogP contribution in [-0.4, -0.2) is 29.6 Å². The van der Waals surface area contributed by atoms with Gasteiger partial charge in [-0.2, -0.15) is 0 Å². The van der Waals surface area contributed by atoms with E-state index >= 15 is 0 Å². The van der Waals surface area contributed by atoms with Gasteiger partial charge in [0.25, 0.3) is 0 Å². The first-order valence-electron chi connectivity index (χ1n) is 4.79. The molecule has 15 heavy (non-hydrogen) atoms. The second-order valence-corrected chi connectivity index (χ2v) is 4.94. The maximum Gasteiger partial charge on any atom is 0.246 e. The van der Waals surface area contributed by atoms with E-state index in [4.69, 9.17) is 10.5 Å². The van der Waals surface area contributed by atoms with Crippen molar-refractivity contribution >= 4 is 11.8 Å². The Balaban J connectivity index is 4.11. The highest BCUT2D eigenvalue weighted by atomic mass is 16.5. The smallest absolute Gasteiger partial charge is 0.246 e. The molecule has 0 rings (SSSR count). The molecule has 0 aliphatic rings. The van der Waals surface area contributed by atoms with Gasteiger partial charge in [-0.3, -0.25) is 9.59 Å². The van der Waals surface area contributed by atoms with Gasteiger partial charge in [-0.1, -0.05) is 0 Å². The lowest BCUT2D eigenvalue weighted by atomic mass is 10.1. The number of carbonyl (C=O) groups excluding carboxylic acids is 2. The van der Waals surface area contributed by atoms with Crippen LogP contribution in [0, 0.1) is 0 Å². The average molecular weight is 216 g/mol. The van der Waals surface area contributed by atoms with Gasteiger partial charge in [-0.15, -0.1) is 0 Å². The number of hydrogen-bond donors (Lipinski definition) is 2. The maximum absolute atomic E-state index is 11.4. The standard InChI is InChI=1S/C10H20N2O3/c1-9(2,3)15-6-7(13)12-10(4,5)8(11)14/h6H2,1-5H3,(H2,11,14)(H,12,13). The molecule has 0 aliphatic heterocycles. The number of rotatable bonds is 4. The van der Waals surface area contributed by atoms with E-state index in [0.29, 0.717) is 0 Å². The quantitative estimate of drug-likeness (QED) is 0.703. The molecule has 0 unspecified atom stereocenters. The second-order valence-electron chi connectivity index (χ2n) is 4.94. The molecule has 88 valence electrons. The van der Waals surface area contributed by atoms with Crippen LogP contribution >= 0.6 is 0 Å². The van der Waals surface area contributed by atoms with Gasteiger partial charge in [0, 0.05) is 0 Å². The summed E-state index contributed by atoms with van der Waals surface area (Å²) in [6.45, 7) is 8.55. The fourth-order valence-electron chi connectivity index (χ4n) is 0.728. The molecule has 0 aromatic carbocycles. The highest BCUT2D eigenvalue weighted by molar-refractivity contribution is 5.89. The number of hydrogen-bond acceptors (Lipinski definition) is 3. The summed E-state index contributed by atoms with van der Waals surface area (Å²) in [4.78, 5) is 22.3. The van der Waals surface area contributed by atoms with Crippen molar-refractivity contribution in [1.29, 1.82) is 0 Å². The van der Waals surface area contributed by atoms with Gasteiger partial charge in [0.1, 0.15) is 12.1 Å². The van der Waals surface area contributed by atoms with Gasteiger partial charge in [0.15, 0.2) is 0 Å². The Morgan fingerprint density at radius 1 is 1.20 bits per heavy atom. The van der Waals surface area contributed by atoms with E-state index < -0.39 is 11.4 Å². The molecule has 0 saturated carbocycles. The zero-order chi connectivity index (χ0) is 12.3. The summed E-state index contributed by atoms with van der Waals surface area (Å²) in [7, 11) is 0. The van der Waals surface area contributed by atoms with Crippen molar-refractivity contribution in [2.75, 3.05) is 6.61 Å². The van der Waals surface area contributed by atoms with E-state index in [9.17, 15) is 9.59 Å². The molecule has 0 aromatic rings. The highest BCUT2D eigenvalue weighted by Gasteiger charge is 2.27. The molecule has 0 bridgehead atoms. The summed E-state index contributed by atoms with van der Waals surface area (Å²) in [5.41, 5.74) is 3.68. The molecule has 0 spiro atoms. The number of nitrogens with two attached hydrogens (primary N) is 1. The minimum absolute atomic E-state index is 0.0831. The average Bonchev–Trinajstić information content (AvgIpc) is 1.98. The summed E-state index contributed by atoms with van der Waals surface area (Å²) in [6, 6.07) is 0. The molecule has 5 heteroatoms. The highest BCUT2D eigenvalue weighted by Crippen LogP contribution is 2.06. The van der Waals surface area contributed by atoms with Gasteiger partial charge in [-0.05, 0) is 34.6 Å². The Morgan fingerprint density at radius 3 is 2.00 bits per heavy atom. The molecular formula is C10H20N2O3. The van der Waals surface area contributed by atoms with E-state index in [1.54, 1.807) is 13.8 Å². The molecule has 5 nitrogen and oxygen atoms in total. The van der Waals surface area contributed by atoms with E-state index in [1.807, 2.05) is 20.8 Å². The van der Waals surface area contributed by atoms with Crippen molar-refractivity contribution in [2.45, 2.75) is 45.8 Å². The summed E-state index contributed by atoms with van der Waals surface area (Å²) in [5, 5.41) is 2.49. The van der Waals surface area contributed by atoms with Crippen LogP contribution in [0.3, 0.4) is 0 Å². The van der Waals surface area contributed by atoms with Crippen LogP contribution in [0.25, 0.3) is 0 Å². The Labute approximate surface area is 90.4 Å². The van der Waals surface area contributed by atoms with Crippen molar-refractivity contribution < 1.29 is 14.3 Å². The van der Waals surface area contributed by atoms with Crippen LogP contribution in [-0.2, 0) is 14.3 Å². The molecule has 0 atom stereocenters. The molecule has 0 fully saturated rings. The second kappa shape index (κ2) is 4.61. The third kappa shape index (κ3) is 6.06. The fraction of sp³-hybridized carbons (Fsp3) is 0.800. The lowest BCUT2D eigenvalue weighted by Gasteiger charge is -2.24. The molecular weight excluding hydrogens is 196 g/mol.